The molecule has 0 bridgehead atoms. The van der Waals surface area contributed by atoms with E-state index in [0.29, 0.717) is 22.6 Å². The Bertz CT molecular complexity index is 1430. The molecule has 0 atom stereocenters. The lowest BCUT2D eigenvalue weighted by molar-refractivity contribution is -0.123. The molecule has 0 heterocycles. The Hall–Kier alpha value is -4.17. The number of rotatable bonds is 8. The van der Waals surface area contributed by atoms with Gasteiger partial charge < -0.3 is 14.2 Å². The molecule has 0 fully saturated rings. The number of hydrazone groups is 1. The molecule has 0 spiro atoms. The lowest BCUT2D eigenvalue weighted by Crippen LogP contribution is -2.24. The van der Waals surface area contributed by atoms with Gasteiger partial charge in [-0.05, 0) is 75.6 Å². The summed E-state index contributed by atoms with van der Waals surface area (Å²) >= 11 is 3.54. The molecule has 4 aromatic rings. The number of aryl methyl sites for hydroxylation is 1. The Kier molecular flexibility index (Phi) is 7.97. The van der Waals surface area contributed by atoms with E-state index < -0.39 is 11.9 Å². The van der Waals surface area contributed by atoms with Crippen molar-refractivity contribution in [3.63, 3.8) is 0 Å². The number of hydrogen-bond acceptors (Lipinski definition) is 6. The van der Waals surface area contributed by atoms with Crippen LogP contribution >= 0.6 is 15.9 Å². The van der Waals surface area contributed by atoms with Crippen molar-refractivity contribution in [3.05, 3.63) is 100 Å². The van der Waals surface area contributed by atoms with Crippen molar-refractivity contribution >= 4 is 44.8 Å². The van der Waals surface area contributed by atoms with Crippen LogP contribution in [0.2, 0.25) is 0 Å². The van der Waals surface area contributed by atoms with Crippen LogP contribution in [0, 0.1) is 6.92 Å². The van der Waals surface area contributed by atoms with E-state index in [0.717, 1.165) is 20.8 Å². The number of nitrogens with one attached hydrogen (secondary N) is 1. The lowest BCUT2D eigenvalue weighted by Gasteiger charge is -2.10. The Morgan fingerprint density at radius 1 is 0.944 bits per heavy atom. The fourth-order valence-electron chi connectivity index (χ4n) is 3.38. The first-order valence-electron chi connectivity index (χ1n) is 11.0. The molecule has 0 aliphatic rings. The van der Waals surface area contributed by atoms with Gasteiger partial charge in [0.1, 0.15) is 5.75 Å². The van der Waals surface area contributed by atoms with Crippen LogP contribution in [0.1, 0.15) is 21.5 Å². The van der Waals surface area contributed by atoms with Crippen molar-refractivity contribution < 1.29 is 23.8 Å². The van der Waals surface area contributed by atoms with Crippen LogP contribution < -0.4 is 19.6 Å². The number of carbonyl (C=O) groups excluding carboxylic acids is 2. The van der Waals surface area contributed by atoms with E-state index in [1.54, 1.807) is 30.3 Å². The average Bonchev–Trinajstić information content (AvgIpc) is 2.89. The van der Waals surface area contributed by atoms with E-state index >= 15 is 0 Å². The normalized spacial score (nSPS) is 10.9. The largest absolute Gasteiger partial charge is 0.493 e. The maximum Gasteiger partial charge on any atom is 0.343 e. The molecule has 1 amide bonds. The van der Waals surface area contributed by atoms with E-state index in [4.69, 9.17) is 14.2 Å². The van der Waals surface area contributed by atoms with E-state index in [1.807, 2.05) is 55.5 Å². The number of nitrogens with zero attached hydrogens (tertiary/aromatic N) is 1. The summed E-state index contributed by atoms with van der Waals surface area (Å²) in [7, 11) is 1.48. The van der Waals surface area contributed by atoms with Gasteiger partial charge in [-0.25, -0.2) is 10.2 Å². The molecular formula is C28H23BrN2O5. The highest BCUT2D eigenvalue weighted by molar-refractivity contribution is 9.10. The third kappa shape index (κ3) is 6.09. The van der Waals surface area contributed by atoms with Gasteiger partial charge in [-0.2, -0.15) is 5.10 Å². The van der Waals surface area contributed by atoms with Gasteiger partial charge in [0.2, 0.25) is 0 Å². The number of methoxy groups -OCH3 is 1. The topological polar surface area (TPSA) is 86.2 Å². The number of fused-ring (bicyclic) bond motifs is 1. The molecule has 0 saturated carbocycles. The molecule has 0 unspecified atom stereocenters. The highest BCUT2D eigenvalue weighted by atomic mass is 79.9. The fourth-order valence-corrected chi connectivity index (χ4v) is 3.98. The molecule has 182 valence electrons. The van der Waals surface area contributed by atoms with E-state index in [1.165, 1.54) is 13.3 Å². The zero-order valence-electron chi connectivity index (χ0n) is 19.7. The Morgan fingerprint density at radius 3 is 2.47 bits per heavy atom. The predicted octanol–water partition coefficient (Wildman–Crippen LogP) is 5.67. The van der Waals surface area contributed by atoms with Crippen molar-refractivity contribution in [2.45, 2.75) is 6.92 Å². The predicted molar refractivity (Wildman–Crippen MR) is 142 cm³/mol. The first kappa shape index (κ1) is 24.9. The molecule has 0 aliphatic heterocycles. The Morgan fingerprint density at radius 2 is 1.69 bits per heavy atom. The number of esters is 1. The molecule has 0 radical (unpaired) electrons. The molecule has 4 aromatic carbocycles. The van der Waals surface area contributed by atoms with Crippen LogP contribution in [0.5, 0.6) is 17.2 Å². The van der Waals surface area contributed by atoms with Crippen LogP contribution in [0.4, 0.5) is 0 Å². The molecule has 36 heavy (non-hydrogen) atoms. The summed E-state index contributed by atoms with van der Waals surface area (Å²) in [6.45, 7) is 1.74. The first-order chi connectivity index (χ1) is 17.4. The summed E-state index contributed by atoms with van der Waals surface area (Å²) in [6.07, 6.45) is 1.46. The summed E-state index contributed by atoms with van der Waals surface area (Å²) < 4.78 is 17.2. The standard InChI is InChI=1S/C28H23BrN2O5/c1-18-7-10-21(11-8-18)28(33)36-23-13-9-19(15-25(23)34-2)16-30-31-26(32)17-35-24-14-12-20-5-3-4-6-22(20)27(24)29/h3-16H,17H2,1-2H3,(H,31,32). The minimum Gasteiger partial charge on any atom is -0.493 e. The van der Waals surface area contributed by atoms with Gasteiger partial charge in [-0.1, -0.05) is 48.0 Å². The summed E-state index contributed by atoms with van der Waals surface area (Å²) in [5.74, 6) is 0.296. The van der Waals surface area contributed by atoms with Crippen LogP contribution in [-0.4, -0.2) is 31.8 Å². The van der Waals surface area contributed by atoms with E-state index in [-0.39, 0.29) is 12.4 Å². The zero-order chi connectivity index (χ0) is 25.5. The minimum atomic E-state index is -0.486. The second-order valence-corrected chi connectivity index (χ2v) is 8.64. The molecule has 4 rings (SSSR count). The van der Waals surface area contributed by atoms with Crippen LogP contribution in [0.25, 0.3) is 10.8 Å². The second-order valence-electron chi connectivity index (χ2n) is 7.85. The van der Waals surface area contributed by atoms with Crippen molar-refractivity contribution in [1.82, 2.24) is 5.43 Å². The van der Waals surface area contributed by atoms with Crippen molar-refractivity contribution in [3.8, 4) is 17.2 Å². The Balaban J connectivity index is 1.33. The summed E-state index contributed by atoms with van der Waals surface area (Å²) in [5, 5.41) is 6.03. The maximum atomic E-state index is 12.4. The molecule has 0 aromatic heterocycles. The van der Waals surface area contributed by atoms with Gasteiger partial charge in [-0.15, -0.1) is 0 Å². The van der Waals surface area contributed by atoms with Crippen LogP contribution in [0.15, 0.2) is 88.4 Å². The van der Waals surface area contributed by atoms with Gasteiger partial charge in [0.25, 0.3) is 5.91 Å². The third-order valence-corrected chi connectivity index (χ3v) is 6.09. The number of carbonyl (C=O) groups is 2. The number of halogens is 1. The summed E-state index contributed by atoms with van der Waals surface area (Å²) in [6, 6.07) is 23.6. The molecule has 0 saturated heterocycles. The number of ether oxygens (including phenoxy) is 3. The number of amides is 1. The van der Waals surface area contributed by atoms with Crippen LogP contribution in [0.3, 0.4) is 0 Å². The molecule has 1 N–H and O–H groups in total. The average molecular weight is 547 g/mol. The van der Waals surface area contributed by atoms with Crippen molar-refractivity contribution in [2.24, 2.45) is 5.10 Å². The number of hydrogen-bond donors (Lipinski definition) is 1. The highest BCUT2D eigenvalue weighted by Gasteiger charge is 2.13. The first-order valence-corrected chi connectivity index (χ1v) is 11.8. The SMILES string of the molecule is COc1cc(C=NNC(=O)COc2ccc3ccccc3c2Br)ccc1OC(=O)c1ccc(C)cc1. The summed E-state index contributed by atoms with van der Waals surface area (Å²) in [4.78, 5) is 24.6. The highest BCUT2D eigenvalue weighted by Crippen LogP contribution is 2.33. The molecule has 7 nitrogen and oxygen atoms in total. The zero-order valence-corrected chi connectivity index (χ0v) is 21.2. The monoisotopic (exact) mass is 546 g/mol. The summed E-state index contributed by atoms with van der Waals surface area (Å²) in [5.41, 5.74) is 4.56. The van der Waals surface area contributed by atoms with Gasteiger partial charge in [-0.3, -0.25) is 4.79 Å². The van der Waals surface area contributed by atoms with Gasteiger partial charge in [0.15, 0.2) is 18.1 Å². The molecule has 0 aliphatic carbocycles. The van der Waals surface area contributed by atoms with Crippen molar-refractivity contribution in [1.29, 1.82) is 0 Å². The molecular weight excluding hydrogens is 524 g/mol. The van der Waals surface area contributed by atoms with Crippen LogP contribution in [-0.2, 0) is 4.79 Å². The minimum absolute atomic E-state index is 0.203. The second kappa shape index (κ2) is 11.5. The smallest absolute Gasteiger partial charge is 0.343 e. The number of benzene rings is 4. The fraction of sp³-hybridized carbons (Fsp3) is 0.107. The quantitative estimate of drug-likeness (QED) is 0.133. The van der Waals surface area contributed by atoms with Gasteiger partial charge in [0, 0.05) is 0 Å². The third-order valence-electron chi connectivity index (χ3n) is 5.27. The van der Waals surface area contributed by atoms with E-state index in [2.05, 4.69) is 26.5 Å². The molecule has 8 heteroatoms. The lowest BCUT2D eigenvalue weighted by atomic mass is 10.1. The van der Waals surface area contributed by atoms with Gasteiger partial charge >= 0.3 is 5.97 Å². The van der Waals surface area contributed by atoms with E-state index in [9.17, 15) is 9.59 Å². The maximum absolute atomic E-state index is 12.4. The Labute approximate surface area is 216 Å². The van der Waals surface area contributed by atoms with Crippen molar-refractivity contribution in [2.75, 3.05) is 13.7 Å². The van der Waals surface area contributed by atoms with Gasteiger partial charge in [0.05, 0.1) is 23.4 Å².